The number of carbonyl (C=O) groups is 1. The summed E-state index contributed by atoms with van der Waals surface area (Å²) in [5.74, 6) is 1.69. The van der Waals surface area contributed by atoms with Gasteiger partial charge in [-0.15, -0.1) is 20.4 Å². The van der Waals surface area contributed by atoms with Gasteiger partial charge in [0.2, 0.25) is 22.7 Å². The normalized spacial score (nSPS) is 10.6. The smallest absolute Gasteiger partial charge is 0.277 e. The molecule has 0 aliphatic carbocycles. The van der Waals surface area contributed by atoms with Crippen molar-refractivity contribution < 1.29 is 23.4 Å². The molecule has 10 nitrogen and oxygen atoms in total. The fourth-order valence-electron chi connectivity index (χ4n) is 2.84. The van der Waals surface area contributed by atoms with Gasteiger partial charge < -0.3 is 18.6 Å². The van der Waals surface area contributed by atoms with Crippen molar-refractivity contribution in [2.45, 2.75) is 5.22 Å². The van der Waals surface area contributed by atoms with E-state index >= 15 is 0 Å². The third-order valence-electron chi connectivity index (χ3n) is 4.34. The third kappa shape index (κ3) is 5.23. The van der Waals surface area contributed by atoms with Crippen LogP contribution in [0.1, 0.15) is 0 Å². The molecule has 4 aromatic rings. The molecule has 2 aromatic heterocycles. The maximum Gasteiger partial charge on any atom is 0.277 e. The Balaban J connectivity index is 1.39. The minimum absolute atomic E-state index is 0.0789. The summed E-state index contributed by atoms with van der Waals surface area (Å²) in [7, 11) is 4.61. The molecule has 33 heavy (non-hydrogen) atoms. The minimum atomic E-state index is -0.271. The molecule has 0 saturated carbocycles. The van der Waals surface area contributed by atoms with Crippen molar-refractivity contribution in [3.05, 3.63) is 42.5 Å². The number of anilines is 1. The molecule has 0 radical (unpaired) electrons. The van der Waals surface area contributed by atoms with E-state index in [1.54, 1.807) is 12.1 Å². The van der Waals surface area contributed by atoms with E-state index in [0.29, 0.717) is 38.5 Å². The van der Waals surface area contributed by atoms with E-state index in [4.69, 9.17) is 18.6 Å². The fourth-order valence-corrected chi connectivity index (χ4v) is 4.15. The Labute approximate surface area is 197 Å². The van der Waals surface area contributed by atoms with Crippen LogP contribution in [0.5, 0.6) is 17.2 Å². The van der Waals surface area contributed by atoms with E-state index in [-0.39, 0.29) is 11.7 Å². The molecule has 12 heteroatoms. The lowest BCUT2D eigenvalue weighted by atomic mass is 10.2. The van der Waals surface area contributed by atoms with Crippen LogP contribution in [-0.4, -0.2) is 53.4 Å². The van der Waals surface area contributed by atoms with E-state index in [1.165, 1.54) is 32.7 Å². The van der Waals surface area contributed by atoms with Gasteiger partial charge in [-0.25, -0.2) is 0 Å². The first-order valence-corrected chi connectivity index (χ1v) is 11.4. The molecule has 1 N–H and O–H groups in total. The average molecular weight is 486 g/mol. The van der Waals surface area contributed by atoms with Gasteiger partial charge in [0.15, 0.2) is 11.5 Å². The Hall–Kier alpha value is -3.64. The number of amides is 1. The van der Waals surface area contributed by atoms with E-state index in [1.807, 2.05) is 30.3 Å². The first-order chi connectivity index (χ1) is 16.1. The molecule has 4 rings (SSSR count). The summed E-state index contributed by atoms with van der Waals surface area (Å²) in [6, 6.07) is 12.9. The highest BCUT2D eigenvalue weighted by Gasteiger charge is 2.18. The molecule has 0 atom stereocenters. The van der Waals surface area contributed by atoms with Gasteiger partial charge in [-0.1, -0.05) is 41.3 Å². The zero-order valence-corrected chi connectivity index (χ0v) is 19.5. The van der Waals surface area contributed by atoms with Crippen molar-refractivity contribution in [1.29, 1.82) is 0 Å². The summed E-state index contributed by atoms with van der Waals surface area (Å²) in [6.45, 7) is 0. The summed E-state index contributed by atoms with van der Waals surface area (Å²) in [5, 5.41) is 20.2. The zero-order chi connectivity index (χ0) is 23.2. The van der Waals surface area contributed by atoms with Crippen molar-refractivity contribution in [3.8, 4) is 39.3 Å². The molecule has 0 unspecified atom stereocenters. The van der Waals surface area contributed by atoms with Gasteiger partial charge in [0.25, 0.3) is 5.22 Å². The largest absolute Gasteiger partial charge is 0.493 e. The number of methoxy groups -OCH3 is 3. The standard InChI is InChI=1S/C21H19N5O5S2/c1-28-14-9-13(10-15(29-2)17(14)30-3)19-24-25-20(33-19)22-16(27)11-32-21-26-23-18(31-21)12-7-5-4-6-8-12/h4-10H,11H2,1-3H3,(H,22,25,27). The van der Waals surface area contributed by atoms with Crippen LogP contribution in [0.15, 0.2) is 52.1 Å². The molecular formula is C21H19N5O5S2. The zero-order valence-electron chi connectivity index (χ0n) is 17.9. The number of thioether (sulfide) groups is 1. The van der Waals surface area contributed by atoms with Gasteiger partial charge in [0.1, 0.15) is 5.01 Å². The second-order valence-corrected chi connectivity index (χ2v) is 8.31. The molecular weight excluding hydrogens is 466 g/mol. The minimum Gasteiger partial charge on any atom is -0.493 e. The molecule has 2 aromatic carbocycles. The number of aromatic nitrogens is 4. The van der Waals surface area contributed by atoms with E-state index in [2.05, 4.69) is 25.7 Å². The number of nitrogens with zero attached hydrogens (tertiary/aromatic N) is 4. The molecule has 170 valence electrons. The predicted molar refractivity (Wildman–Crippen MR) is 124 cm³/mol. The van der Waals surface area contributed by atoms with Crippen molar-refractivity contribution in [2.24, 2.45) is 0 Å². The first-order valence-electron chi connectivity index (χ1n) is 9.56. The lowest BCUT2D eigenvalue weighted by molar-refractivity contribution is -0.113. The summed E-state index contributed by atoms with van der Waals surface area (Å²) < 4.78 is 21.7. The molecule has 0 bridgehead atoms. The first kappa shape index (κ1) is 22.6. The summed E-state index contributed by atoms with van der Waals surface area (Å²) in [5.41, 5.74) is 1.53. The predicted octanol–water partition coefficient (Wildman–Crippen LogP) is 4.01. The maximum atomic E-state index is 12.4. The van der Waals surface area contributed by atoms with Crippen molar-refractivity contribution in [2.75, 3.05) is 32.4 Å². The van der Waals surface area contributed by atoms with Crippen LogP contribution in [0.3, 0.4) is 0 Å². The topological polar surface area (TPSA) is 121 Å². The van der Waals surface area contributed by atoms with Gasteiger partial charge >= 0.3 is 0 Å². The van der Waals surface area contributed by atoms with Gasteiger partial charge in [0.05, 0.1) is 27.1 Å². The molecule has 0 saturated heterocycles. The fraction of sp³-hybridized carbons (Fsp3) is 0.190. The van der Waals surface area contributed by atoms with Crippen molar-refractivity contribution >= 4 is 34.1 Å². The number of ether oxygens (including phenoxy) is 3. The van der Waals surface area contributed by atoms with Crippen LogP contribution < -0.4 is 19.5 Å². The molecule has 1 amide bonds. The van der Waals surface area contributed by atoms with Gasteiger partial charge in [-0.2, -0.15) is 0 Å². The number of benzene rings is 2. The van der Waals surface area contributed by atoms with Crippen LogP contribution in [-0.2, 0) is 4.79 Å². The summed E-state index contributed by atoms with van der Waals surface area (Å²) in [4.78, 5) is 12.4. The highest BCUT2D eigenvalue weighted by Crippen LogP contribution is 2.42. The molecule has 2 heterocycles. The highest BCUT2D eigenvalue weighted by molar-refractivity contribution is 7.99. The Morgan fingerprint density at radius 1 is 0.970 bits per heavy atom. The van der Waals surface area contributed by atoms with Crippen LogP contribution in [0, 0.1) is 0 Å². The Kier molecular flexibility index (Phi) is 7.05. The Bertz CT molecular complexity index is 1220. The molecule has 0 fully saturated rings. The average Bonchev–Trinajstić information content (AvgIpc) is 3.52. The van der Waals surface area contributed by atoms with Gasteiger partial charge in [-0.05, 0) is 24.3 Å². The SMILES string of the molecule is COc1cc(-c2nnc(NC(=O)CSc3nnc(-c4ccccc4)o3)s2)cc(OC)c1OC. The maximum absolute atomic E-state index is 12.4. The lowest BCUT2D eigenvalue weighted by Gasteiger charge is -2.13. The Morgan fingerprint density at radius 3 is 2.36 bits per heavy atom. The summed E-state index contributed by atoms with van der Waals surface area (Å²) >= 11 is 2.36. The second-order valence-electron chi connectivity index (χ2n) is 6.40. The van der Waals surface area contributed by atoms with Crippen LogP contribution in [0.2, 0.25) is 0 Å². The number of carbonyl (C=O) groups excluding carboxylic acids is 1. The third-order valence-corrected chi connectivity index (χ3v) is 6.04. The van der Waals surface area contributed by atoms with Crippen molar-refractivity contribution in [3.63, 3.8) is 0 Å². The van der Waals surface area contributed by atoms with Crippen LogP contribution >= 0.6 is 23.1 Å². The Morgan fingerprint density at radius 2 is 1.70 bits per heavy atom. The monoisotopic (exact) mass is 485 g/mol. The number of nitrogens with one attached hydrogen (secondary N) is 1. The van der Waals surface area contributed by atoms with Crippen molar-refractivity contribution in [1.82, 2.24) is 20.4 Å². The molecule has 0 aliphatic rings. The van der Waals surface area contributed by atoms with E-state index in [0.717, 1.165) is 22.9 Å². The number of hydrogen-bond donors (Lipinski definition) is 1. The molecule has 0 aliphatic heterocycles. The highest BCUT2D eigenvalue weighted by atomic mass is 32.2. The van der Waals surface area contributed by atoms with Gasteiger partial charge in [-0.3, -0.25) is 10.1 Å². The quantitative estimate of drug-likeness (QED) is 0.348. The second kappa shape index (κ2) is 10.3. The lowest BCUT2D eigenvalue weighted by Crippen LogP contribution is -2.13. The van der Waals surface area contributed by atoms with Gasteiger partial charge in [0, 0.05) is 11.1 Å². The number of hydrogen-bond acceptors (Lipinski definition) is 11. The van der Waals surface area contributed by atoms with Crippen LogP contribution in [0.4, 0.5) is 5.13 Å². The summed E-state index contributed by atoms with van der Waals surface area (Å²) in [6.07, 6.45) is 0. The van der Waals surface area contributed by atoms with E-state index in [9.17, 15) is 4.79 Å². The van der Waals surface area contributed by atoms with Crippen LogP contribution in [0.25, 0.3) is 22.0 Å². The molecule has 0 spiro atoms. The number of rotatable bonds is 9. The van der Waals surface area contributed by atoms with E-state index < -0.39 is 0 Å².